The van der Waals surface area contributed by atoms with Gasteiger partial charge >= 0.3 is 42.9 Å². The van der Waals surface area contributed by atoms with Crippen molar-refractivity contribution in [1.29, 1.82) is 0 Å². The number of hydrogen-bond acceptors (Lipinski definition) is 20. The number of carbonyl (C=O) groups excluding carboxylic acids is 7. The van der Waals surface area contributed by atoms with Gasteiger partial charge in [-0.05, 0) is 156 Å². The number of carbonyl (C=O) groups is 7. The van der Waals surface area contributed by atoms with Crippen molar-refractivity contribution in [3.05, 3.63) is 0 Å². The minimum Gasteiger partial charge on any atom is -0.459 e. The number of hydrogen-bond donors (Lipinski definition) is 0. The number of ether oxygens (including phenoxy) is 13. The van der Waals surface area contributed by atoms with Crippen LogP contribution in [0, 0.1) is 37.9 Å². The van der Waals surface area contributed by atoms with Gasteiger partial charge in [-0.25, -0.2) is 28.8 Å². The Kier molecular flexibility index (Phi) is 43.8. The molecule has 4 unspecified atom stereocenters. The second-order valence-electron chi connectivity index (χ2n) is 33.9. The van der Waals surface area contributed by atoms with E-state index >= 15 is 0 Å². The van der Waals surface area contributed by atoms with E-state index in [1.54, 1.807) is 0 Å². The molecule has 1 saturated carbocycles. The molecule has 0 saturated heterocycles. The van der Waals surface area contributed by atoms with E-state index < -0.39 is 59.3 Å². The molecule has 0 spiro atoms. The minimum atomic E-state index is -0.630. The summed E-state index contributed by atoms with van der Waals surface area (Å²) in [5.74, 6) is -0.137. The van der Waals surface area contributed by atoms with Gasteiger partial charge in [-0.3, -0.25) is 4.79 Å². The van der Waals surface area contributed by atoms with Crippen molar-refractivity contribution in [3.63, 3.8) is 0 Å². The standard InChI is InChI=1S/C12H24O3.C12H22O2.C11H22O3.C10H20O3.2C9H18O3.C8H16O3/c1-8-9(11(2,3)4)14-10(13)15-12(5,6)7;1-10(13)14-12(11(2,3)4)8-6-5-7-9-12;1-8(10(2,3)4)13-9(12)14-11(5,6)7;1-9(2,3)7-12-8(11)13-10(4,5)6;1-8(2,3)9(4,5)12-7(10)11-6;1-6-7(9(2,3)4)12-8(10)11-5;1-6(8(2,3)4)11-7(9)10-5/h9H,8H2,1-7H3;5-9H2,1-4H3;8H,1-7H3;7H2,1-6H3;1-6H3;7H,6H2,1-5H3;6H,1-5H3. The van der Waals surface area contributed by atoms with Crippen LogP contribution in [0.15, 0.2) is 0 Å². The van der Waals surface area contributed by atoms with Gasteiger partial charge in [0.1, 0.15) is 52.4 Å². The van der Waals surface area contributed by atoms with E-state index in [9.17, 15) is 33.6 Å². The molecule has 0 aliphatic heterocycles. The van der Waals surface area contributed by atoms with Gasteiger partial charge in [-0.15, -0.1) is 0 Å². The van der Waals surface area contributed by atoms with Gasteiger partial charge in [-0.2, -0.15) is 0 Å². The highest BCUT2D eigenvalue weighted by atomic mass is 16.8. The molecule has 1 fully saturated rings. The molecular formula is C71H140O20. The van der Waals surface area contributed by atoms with Crippen LogP contribution in [0.3, 0.4) is 0 Å². The SMILES string of the molecule is CC(=O)OC1(C(C)(C)C)CCCCC1.CC(C)(C)COC(=O)OC(C)(C)C.CC(OC(=O)OC(C)(C)C)C(C)(C)C.CCC(OC(=O)OC(C)(C)C)C(C)(C)C.CCC(OC(=O)OC)C(C)(C)C.COC(=O)OC(C)(C)C(C)(C)C.COC(=O)OC(C)C(C)(C)C. The van der Waals surface area contributed by atoms with Crippen molar-refractivity contribution < 1.29 is 95.1 Å². The summed E-state index contributed by atoms with van der Waals surface area (Å²) < 4.78 is 64.3. The van der Waals surface area contributed by atoms with Crippen molar-refractivity contribution in [2.24, 2.45) is 37.9 Å². The van der Waals surface area contributed by atoms with E-state index in [-0.39, 0.29) is 73.9 Å². The molecule has 20 nitrogen and oxygen atoms in total. The van der Waals surface area contributed by atoms with Gasteiger partial charge in [0.05, 0.1) is 27.9 Å². The maximum Gasteiger partial charge on any atom is 0.509 e. The van der Waals surface area contributed by atoms with Crippen LogP contribution in [-0.4, -0.2) is 123 Å². The van der Waals surface area contributed by atoms with Crippen LogP contribution in [0.5, 0.6) is 0 Å². The lowest BCUT2D eigenvalue weighted by Gasteiger charge is -2.46. The van der Waals surface area contributed by atoms with Crippen LogP contribution in [0.2, 0.25) is 0 Å². The molecule has 0 aromatic heterocycles. The zero-order valence-corrected chi connectivity index (χ0v) is 65.6. The fraction of sp³-hybridized carbons (Fsp3) is 0.901. The van der Waals surface area contributed by atoms with Crippen LogP contribution in [0.1, 0.15) is 301 Å². The fourth-order valence-corrected chi connectivity index (χ4v) is 6.63. The summed E-state index contributed by atoms with van der Waals surface area (Å²) in [4.78, 5) is 77.1. The number of rotatable bonds is 9. The Morgan fingerprint density at radius 3 is 0.934 bits per heavy atom. The highest BCUT2D eigenvalue weighted by Crippen LogP contribution is 2.45. The first-order valence-corrected chi connectivity index (χ1v) is 32.2. The maximum absolute atomic E-state index is 11.4. The molecule has 0 heterocycles. The Morgan fingerprint density at radius 2 is 0.681 bits per heavy atom. The minimum absolute atomic E-state index is 0.0170. The zero-order valence-electron chi connectivity index (χ0n) is 65.6. The third-order valence-corrected chi connectivity index (χ3v) is 13.9. The summed E-state index contributed by atoms with van der Waals surface area (Å²) in [5.41, 5.74) is -2.41. The molecule has 91 heavy (non-hydrogen) atoms. The Morgan fingerprint density at radius 1 is 0.385 bits per heavy atom. The van der Waals surface area contributed by atoms with Gasteiger partial charge in [0.2, 0.25) is 0 Å². The monoisotopic (exact) mass is 1310 g/mol. The molecule has 1 aliphatic carbocycles. The van der Waals surface area contributed by atoms with Gasteiger partial charge in [0.25, 0.3) is 0 Å². The summed E-state index contributed by atoms with van der Waals surface area (Å²) in [6.07, 6.45) is 3.21. The summed E-state index contributed by atoms with van der Waals surface area (Å²) in [7, 11) is 3.93. The van der Waals surface area contributed by atoms with Crippen LogP contribution in [0.4, 0.5) is 28.8 Å². The average Bonchev–Trinajstić information content (AvgIpc) is 0.882. The van der Waals surface area contributed by atoms with Gasteiger partial charge in [0, 0.05) is 17.8 Å². The van der Waals surface area contributed by atoms with Gasteiger partial charge in [-0.1, -0.05) is 166 Å². The molecule has 0 aromatic carbocycles. The van der Waals surface area contributed by atoms with Crippen LogP contribution >= 0.6 is 0 Å². The molecule has 4 atom stereocenters. The lowest BCUT2D eigenvalue weighted by molar-refractivity contribution is -0.177. The van der Waals surface area contributed by atoms with E-state index in [1.807, 2.05) is 228 Å². The summed E-state index contributed by atoms with van der Waals surface area (Å²) in [5, 5.41) is 0. The van der Waals surface area contributed by atoms with E-state index in [1.165, 1.54) is 47.5 Å². The maximum atomic E-state index is 11.4. The first-order chi connectivity index (χ1) is 40.0. The molecular weight excluding hydrogens is 1170 g/mol. The largest absolute Gasteiger partial charge is 0.509 e. The van der Waals surface area contributed by atoms with E-state index in [0.717, 1.165) is 25.7 Å². The molecule has 1 aliphatic rings. The van der Waals surface area contributed by atoms with E-state index in [2.05, 4.69) is 35.0 Å². The Hall–Kier alpha value is -4.91. The number of methoxy groups -OCH3 is 3. The van der Waals surface area contributed by atoms with Crippen molar-refractivity contribution in [2.75, 3.05) is 27.9 Å². The molecule has 0 N–H and O–H groups in total. The highest BCUT2D eigenvalue weighted by molar-refractivity contribution is 5.66. The first kappa shape index (κ1) is 97.2. The van der Waals surface area contributed by atoms with E-state index in [4.69, 9.17) is 47.4 Å². The van der Waals surface area contributed by atoms with Gasteiger partial charge in [0.15, 0.2) is 0 Å². The molecule has 0 amide bonds. The normalized spacial score (nSPS) is 14.9. The summed E-state index contributed by atoms with van der Waals surface area (Å²) in [6.45, 7) is 72.5. The third kappa shape index (κ3) is 54.2. The Bertz CT molecular complexity index is 2050. The first-order valence-electron chi connectivity index (χ1n) is 32.2. The van der Waals surface area contributed by atoms with Gasteiger partial charge < -0.3 is 61.6 Å². The third-order valence-electron chi connectivity index (χ3n) is 13.9. The molecule has 544 valence electrons. The second kappa shape index (κ2) is 41.0. The number of esters is 1. The quantitative estimate of drug-likeness (QED) is 0.154. The topological polar surface area (TPSA) is 239 Å². The fourth-order valence-electron chi connectivity index (χ4n) is 6.63. The highest BCUT2D eigenvalue weighted by Gasteiger charge is 2.45. The lowest BCUT2D eigenvalue weighted by Crippen LogP contribution is -2.48. The van der Waals surface area contributed by atoms with E-state index in [0.29, 0.717) is 6.61 Å². The molecule has 1 rings (SSSR count). The van der Waals surface area contributed by atoms with Crippen LogP contribution in [0.25, 0.3) is 0 Å². The Labute approximate surface area is 555 Å². The lowest BCUT2D eigenvalue weighted by atomic mass is 9.68. The molecule has 0 bridgehead atoms. The predicted octanol–water partition coefficient (Wildman–Crippen LogP) is 20.8. The smallest absolute Gasteiger partial charge is 0.459 e. The van der Waals surface area contributed by atoms with Crippen LogP contribution in [-0.2, 0) is 66.4 Å². The van der Waals surface area contributed by atoms with Crippen molar-refractivity contribution >= 4 is 42.9 Å². The van der Waals surface area contributed by atoms with Crippen LogP contribution < -0.4 is 0 Å². The zero-order chi connectivity index (χ0) is 74.2. The predicted molar refractivity (Wildman–Crippen MR) is 362 cm³/mol. The van der Waals surface area contributed by atoms with Crippen molar-refractivity contribution in [2.45, 2.75) is 354 Å². The Balaban J connectivity index is -0.000000232. The summed E-state index contributed by atoms with van der Waals surface area (Å²) in [6, 6.07) is 0. The summed E-state index contributed by atoms with van der Waals surface area (Å²) >= 11 is 0. The molecule has 20 heteroatoms. The molecule has 0 radical (unpaired) electrons. The average molecular weight is 1310 g/mol. The second-order valence-corrected chi connectivity index (χ2v) is 33.9. The molecule has 0 aromatic rings. The van der Waals surface area contributed by atoms with Crippen molar-refractivity contribution in [3.8, 4) is 0 Å². The van der Waals surface area contributed by atoms with Crippen molar-refractivity contribution in [1.82, 2.24) is 0 Å².